The number of nitrogens with zero attached hydrogens (tertiary/aromatic N) is 1. The molecule has 0 atom stereocenters. The maximum Gasteiger partial charge on any atom is 0.331 e. The van der Waals surface area contributed by atoms with Crippen LogP contribution in [0.2, 0.25) is 0 Å². The highest BCUT2D eigenvalue weighted by atomic mass is 16.2. The van der Waals surface area contributed by atoms with Crippen LogP contribution in [0.5, 0.6) is 0 Å². The molecule has 1 N–H and O–H groups in total. The van der Waals surface area contributed by atoms with E-state index in [2.05, 4.69) is 12.2 Å². The zero-order valence-corrected chi connectivity index (χ0v) is 11.2. The van der Waals surface area contributed by atoms with Gasteiger partial charge in [0.25, 0.3) is 0 Å². The van der Waals surface area contributed by atoms with E-state index in [-0.39, 0.29) is 11.9 Å². The first-order valence-corrected chi connectivity index (χ1v) is 6.53. The summed E-state index contributed by atoms with van der Waals surface area (Å²) in [6.07, 6.45) is 3.72. The van der Waals surface area contributed by atoms with Gasteiger partial charge in [-0.25, -0.2) is 4.79 Å². The average Bonchev–Trinajstić information content (AvgIpc) is 2.30. The fourth-order valence-electron chi connectivity index (χ4n) is 2.64. The highest BCUT2D eigenvalue weighted by molar-refractivity contribution is 6.18. The molecule has 1 saturated carbocycles. The van der Waals surface area contributed by atoms with Crippen molar-refractivity contribution in [3.05, 3.63) is 0 Å². The molecular formula is C13H20N2O3. The topological polar surface area (TPSA) is 66.5 Å². The molecule has 1 saturated heterocycles. The van der Waals surface area contributed by atoms with Crippen molar-refractivity contribution in [1.29, 1.82) is 0 Å². The van der Waals surface area contributed by atoms with Crippen LogP contribution in [0, 0.1) is 11.3 Å². The third-order valence-electron chi connectivity index (χ3n) is 4.11. The number of hydrogen-bond acceptors (Lipinski definition) is 3. The Morgan fingerprint density at radius 2 is 1.67 bits per heavy atom. The Kier molecular flexibility index (Phi) is 3.17. The first kappa shape index (κ1) is 13.1. The molecule has 5 nitrogen and oxygen atoms in total. The zero-order chi connectivity index (χ0) is 13.5. The summed E-state index contributed by atoms with van der Waals surface area (Å²) in [4.78, 5) is 37.1. The molecule has 0 radical (unpaired) electrons. The van der Waals surface area contributed by atoms with Gasteiger partial charge in [0.15, 0.2) is 0 Å². The lowest BCUT2D eigenvalue weighted by Crippen LogP contribution is -2.64. The molecule has 0 unspecified atom stereocenters. The minimum absolute atomic E-state index is 0.0546. The second-order valence-electron chi connectivity index (χ2n) is 5.97. The SMILES string of the molecule is CC1CCC(N2C(=O)NC(=O)C(C)(C)C2=O)CC1. The van der Waals surface area contributed by atoms with Gasteiger partial charge >= 0.3 is 6.03 Å². The molecule has 1 aliphatic carbocycles. The number of hydrogen-bond donors (Lipinski definition) is 1. The number of urea groups is 1. The van der Waals surface area contributed by atoms with Crippen LogP contribution in [0.4, 0.5) is 4.79 Å². The highest BCUT2D eigenvalue weighted by Crippen LogP contribution is 2.32. The van der Waals surface area contributed by atoms with Crippen molar-refractivity contribution in [1.82, 2.24) is 10.2 Å². The largest absolute Gasteiger partial charge is 0.331 e. The molecule has 0 aromatic carbocycles. The Balaban J connectivity index is 2.19. The lowest BCUT2D eigenvalue weighted by molar-refractivity contribution is -0.151. The van der Waals surface area contributed by atoms with Gasteiger partial charge in [0.2, 0.25) is 11.8 Å². The summed E-state index contributed by atoms with van der Waals surface area (Å²) in [7, 11) is 0. The fourth-order valence-corrected chi connectivity index (χ4v) is 2.64. The summed E-state index contributed by atoms with van der Waals surface area (Å²) in [5.41, 5.74) is -1.14. The van der Waals surface area contributed by atoms with Gasteiger partial charge in [-0.2, -0.15) is 0 Å². The Morgan fingerprint density at radius 3 is 2.22 bits per heavy atom. The van der Waals surface area contributed by atoms with Gasteiger partial charge in [0.05, 0.1) is 0 Å². The third-order valence-corrected chi connectivity index (χ3v) is 4.11. The molecule has 0 aromatic heterocycles. The normalized spacial score (nSPS) is 32.4. The van der Waals surface area contributed by atoms with Crippen molar-refractivity contribution in [2.45, 2.75) is 52.5 Å². The molecule has 2 aliphatic rings. The number of rotatable bonds is 1. The van der Waals surface area contributed by atoms with E-state index in [1.807, 2.05) is 0 Å². The van der Waals surface area contributed by atoms with Gasteiger partial charge < -0.3 is 0 Å². The molecule has 1 heterocycles. The highest BCUT2D eigenvalue weighted by Gasteiger charge is 2.49. The van der Waals surface area contributed by atoms with Crippen LogP contribution in [0.1, 0.15) is 46.5 Å². The van der Waals surface area contributed by atoms with Crippen LogP contribution < -0.4 is 5.32 Å². The van der Waals surface area contributed by atoms with E-state index in [0.717, 1.165) is 25.7 Å². The lowest BCUT2D eigenvalue weighted by Gasteiger charge is -2.41. The molecule has 1 aliphatic heterocycles. The van der Waals surface area contributed by atoms with E-state index in [4.69, 9.17) is 0 Å². The van der Waals surface area contributed by atoms with Crippen LogP contribution >= 0.6 is 0 Å². The summed E-state index contributed by atoms with van der Waals surface area (Å²) in [6.45, 7) is 5.31. The van der Waals surface area contributed by atoms with E-state index in [9.17, 15) is 14.4 Å². The monoisotopic (exact) mass is 252 g/mol. The summed E-state index contributed by atoms with van der Waals surface area (Å²) >= 11 is 0. The first-order valence-electron chi connectivity index (χ1n) is 6.53. The predicted octanol–water partition coefficient (Wildman–Crippen LogP) is 1.67. The Morgan fingerprint density at radius 1 is 1.11 bits per heavy atom. The molecule has 4 amide bonds. The molecule has 2 rings (SSSR count). The summed E-state index contributed by atoms with van der Waals surface area (Å²) < 4.78 is 0. The zero-order valence-electron chi connectivity index (χ0n) is 11.2. The van der Waals surface area contributed by atoms with Crippen molar-refractivity contribution >= 4 is 17.8 Å². The maximum atomic E-state index is 12.3. The Bertz CT molecular complexity index is 395. The van der Waals surface area contributed by atoms with Crippen molar-refractivity contribution in [2.24, 2.45) is 11.3 Å². The minimum atomic E-state index is -1.14. The Hall–Kier alpha value is -1.39. The number of nitrogens with one attached hydrogen (secondary N) is 1. The van der Waals surface area contributed by atoms with Crippen molar-refractivity contribution in [3.63, 3.8) is 0 Å². The van der Waals surface area contributed by atoms with Gasteiger partial charge in [-0.3, -0.25) is 19.8 Å². The number of carbonyl (C=O) groups is 3. The summed E-state index contributed by atoms with van der Waals surface area (Å²) in [5.74, 6) is -0.215. The smallest absolute Gasteiger partial charge is 0.277 e. The van der Waals surface area contributed by atoms with E-state index >= 15 is 0 Å². The first-order chi connectivity index (χ1) is 8.34. The minimum Gasteiger partial charge on any atom is -0.277 e. The molecule has 0 bridgehead atoms. The molecule has 0 aromatic rings. The molecule has 5 heteroatoms. The van der Waals surface area contributed by atoms with Crippen molar-refractivity contribution in [3.8, 4) is 0 Å². The van der Waals surface area contributed by atoms with Crippen molar-refractivity contribution < 1.29 is 14.4 Å². The van der Waals surface area contributed by atoms with Crippen LogP contribution in [0.3, 0.4) is 0 Å². The van der Waals surface area contributed by atoms with Gasteiger partial charge in [-0.05, 0) is 45.4 Å². The number of imide groups is 2. The van der Waals surface area contributed by atoms with Crippen LogP contribution in [0.25, 0.3) is 0 Å². The van der Waals surface area contributed by atoms with Gasteiger partial charge in [0.1, 0.15) is 5.41 Å². The van der Waals surface area contributed by atoms with Crippen molar-refractivity contribution in [2.75, 3.05) is 0 Å². The van der Waals surface area contributed by atoms with Gasteiger partial charge in [-0.1, -0.05) is 6.92 Å². The quantitative estimate of drug-likeness (QED) is 0.722. The standard InChI is InChI=1S/C13H20N2O3/c1-8-4-6-9(7-5-8)15-11(17)13(2,3)10(16)14-12(15)18/h8-9H,4-7H2,1-3H3,(H,14,16,18). The number of amides is 4. The van der Waals surface area contributed by atoms with E-state index in [1.54, 1.807) is 13.8 Å². The lowest BCUT2D eigenvalue weighted by atomic mass is 9.83. The molecule has 2 fully saturated rings. The fraction of sp³-hybridized carbons (Fsp3) is 0.769. The van der Waals surface area contributed by atoms with E-state index in [0.29, 0.717) is 5.92 Å². The number of carbonyl (C=O) groups excluding carboxylic acids is 3. The van der Waals surface area contributed by atoms with Crippen LogP contribution in [0.15, 0.2) is 0 Å². The maximum absolute atomic E-state index is 12.3. The van der Waals surface area contributed by atoms with Crippen LogP contribution in [-0.2, 0) is 9.59 Å². The average molecular weight is 252 g/mol. The number of barbiturate groups is 1. The summed E-state index contributed by atoms with van der Waals surface area (Å²) in [5, 5.41) is 2.29. The second kappa shape index (κ2) is 4.37. The Labute approximate surface area is 107 Å². The van der Waals surface area contributed by atoms with Crippen LogP contribution in [-0.4, -0.2) is 28.8 Å². The second-order valence-corrected chi connectivity index (χ2v) is 5.97. The molecular weight excluding hydrogens is 232 g/mol. The molecule has 100 valence electrons. The van der Waals surface area contributed by atoms with E-state index in [1.165, 1.54) is 4.90 Å². The van der Waals surface area contributed by atoms with E-state index < -0.39 is 17.4 Å². The van der Waals surface area contributed by atoms with Gasteiger partial charge in [0, 0.05) is 6.04 Å². The van der Waals surface area contributed by atoms with Gasteiger partial charge in [-0.15, -0.1) is 0 Å². The molecule has 0 spiro atoms. The molecule has 18 heavy (non-hydrogen) atoms. The third kappa shape index (κ3) is 2.02. The predicted molar refractivity (Wildman–Crippen MR) is 65.6 cm³/mol. The summed E-state index contributed by atoms with van der Waals surface area (Å²) in [6, 6.07) is -0.607.